The molecule has 1 atom stereocenters. The lowest BCUT2D eigenvalue weighted by Crippen LogP contribution is -2.41. The van der Waals surface area contributed by atoms with Gasteiger partial charge in [0.15, 0.2) is 0 Å². The van der Waals surface area contributed by atoms with Gasteiger partial charge in [-0.05, 0) is 23.9 Å². The molecule has 0 aliphatic rings. The molecule has 27 heavy (non-hydrogen) atoms. The molecular formula is C21H22N2O3S. The highest BCUT2D eigenvalue weighted by Crippen LogP contribution is 2.28. The van der Waals surface area contributed by atoms with Crippen LogP contribution in [0.5, 0.6) is 0 Å². The smallest absolute Gasteiger partial charge is 0.241 e. The topological polar surface area (TPSA) is 66.5 Å². The molecule has 3 aromatic carbocycles. The summed E-state index contributed by atoms with van der Waals surface area (Å²) in [5.41, 5.74) is 1.46. The van der Waals surface area contributed by atoms with Crippen LogP contribution in [-0.4, -0.2) is 27.1 Å². The Hall–Kier alpha value is -2.86. The van der Waals surface area contributed by atoms with Crippen molar-refractivity contribution >= 4 is 32.4 Å². The van der Waals surface area contributed by atoms with Crippen LogP contribution < -0.4 is 9.62 Å². The van der Waals surface area contributed by atoms with E-state index in [4.69, 9.17) is 0 Å². The number of hydrogen-bond donors (Lipinski definition) is 1. The molecule has 0 saturated carbocycles. The van der Waals surface area contributed by atoms with Crippen molar-refractivity contribution in [3.8, 4) is 0 Å². The molecule has 140 valence electrons. The van der Waals surface area contributed by atoms with Crippen molar-refractivity contribution in [1.82, 2.24) is 5.32 Å². The van der Waals surface area contributed by atoms with Crippen molar-refractivity contribution in [3.63, 3.8) is 0 Å². The lowest BCUT2D eigenvalue weighted by atomic mass is 10.1. The fourth-order valence-corrected chi connectivity index (χ4v) is 3.92. The monoisotopic (exact) mass is 382 g/mol. The van der Waals surface area contributed by atoms with E-state index in [2.05, 4.69) is 5.32 Å². The van der Waals surface area contributed by atoms with Crippen LogP contribution in [0, 0.1) is 0 Å². The largest absolute Gasteiger partial charge is 0.348 e. The Morgan fingerprint density at radius 3 is 2.30 bits per heavy atom. The molecule has 3 aromatic rings. The fourth-order valence-electron chi connectivity index (χ4n) is 3.05. The van der Waals surface area contributed by atoms with Crippen molar-refractivity contribution in [2.45, 2.75) is 13.0 Å². The Kier molecular flexibility index (Phi) is 5.46. The first-order valence-electron chi connectivity index (χ1n) is 8.66. The molecule has 0 aliphatic heterocycles. The van der Waals surface area contributed by atoms with E-state index in [1.165, 1.54) is 0 Å². The number of nitrogens with one attached hydrogen (secondary N) is 1. The summed E-state index contributed by atoms with van der Waals surface area (Å²) in [6.07, 6.45) is 1.11. The second-order valence-corrected chi connectivity index (χ2v) is 8.37. The fraction of sp³-hybridized carbons (Fsp3) is 0.190. The minimum Gasteiger partial charge on any atom is -0.348 e. The Morgan fingerprint density at radius 2 is 1.59 bits per heavy atom. The minimum atomic E-state index is -3.63. The number of anilines is 1. The number of hydrogen-bond acceptors (Lipinski definition) is 3. The van der Waals surface area contributed by atoms with Crippen molar-refractivity contribution in [1.29, 1.82) is 0 Å². The Bertz CT molecular complexity index is 1040. The third-order valence-corrected chi connectivity index (χ3v) is 5.53. The van der Waals surface area contributed by atoms with Crippen LogP contribution in [0.2, 0.25) is 0 Å². The molecule has 0 fully saturated rings. The van der Waals surface area contributed by atoms with Gasteiger partial charge >= 0.3 is 0 Å². The van der Waals surface area contributed by atoms with Gasteiger partial charge in [-0.1, -0.05) is 66.7 Å². The molecule has 0 radical (unpaired) electrons. The number of carbonyl (C=O) groups is 1. The van der Waals surface area contributed by atoms with Crippen LogP contribution in [0.15, 0.2) is 72.8 Å². The molecular weight excluding hydrogens is 360 g/mol. The zero-order chi connectivity index (χ0) is 19.4. The highest BCUT2D eigenvalue weighted by atomic mass is 32.2. The van der Waals surface area contributed by atoms with Gasteiger partial charge in [0.05, 0.1) is 18.0 Å². The second-order valence-electron chi connectivity index (χ2n) is 6.47. The maximum Gasteiger partial charge on any atom is 0.241 e. The highest BCUT2D eigenvalue weighted by molar-refractivity contribution is 7.92. The summed E-state index contributed by atoms with van der Waals surface area (Å²) in [4.78, 5) is 12.6. The highest BCUT2D eigenvalue weighted by Gasteiger charge is 2.23. The van der Waals surface area contributed by atoms with Gasteiger partial charge in [0.2, 0.25) is 15.9 Å². The molecule has 3 rings (SSSR count). The zero-order valence-electron chi connectivity index (χ0n) is 15.3. The third-order valence-electron chi connectivity index (χ3n) is 4.40. The summed E-state index contributed by atoms with van der Waals surface area (Å²) < 4.78 is 26.0. The summed E-state index contributed by atoms with van der Waals surface area (Å²) in [6, 6.07) is 22.3. The molecule has 0 bridgehead atoms. The number of carbonyl (C=O) groups excluding carboxylic acids is 1. The molecule has 0 aliphatic carbocycles. The lowest BCUT2D eigenvalue weighted by Gasteiger charge is -2.24. The Labute approximate surface area is 159 Å². The number of amides is 1. The molecule has 0 aromatic heterocycles. The van der Waals surface area contributed by atoms with E-state index in [-0.39, 0.29) is 18.5 Å². The number of sulfonamides is 1. The molecule has 6 heteroatoms. The van der Waals surface area contributed by atoms with Crippen molar-refractivity contribution < 1.29 is 13.2 Å². The first kappa shape index (κ1) is 18.9. The summed E-state index contributed by atoms with van der Waals surface area (Å²) >= 11 is 0. The number of nitrogens with zero attached hydrogens (tertiary/aromatic N) is 1. The average Bonchev–Trinajstić information content (AvgIpc) is 2.65. The van der Waals surface area contributed by atoms with Crippen LogP contribution in [0.1, 0.15) is 18.5 Å². The SMILES string of the molecule is C[C@@H](NC(=O)CN(c1cccc2ccccc12)S(C)(=O)=O)c1ccccc1. The molecule has 0 saturated heterocycles. The minimum absolute atomic E-state index is 0.215. The van der Waals surface area contributed by atoms with Crippen LogP contribution in [-0.2, 0) is 14.8 Å². The van der Waals surface area contributed by atoms with E-state index >= 15 is 0 Å². The molecule has 1 amide bonds. The number of rotatable bonds is 6. The second kappa shape index (κ2) is 7.80. The van der Waals surface area contributed by atoms with Gasteiger partial charge in [-0.15, -0.1) is 0 Å². The maximum atomic E-state index is 12.6. The predicted octanol–water partition coefficient (Wildman–Crippen LogP) is 3.48. The van der Waals surface area contributed by atoms with Crippen LogP contribution in [0.25, 0.3) is 10.8 Å². The Morgan fingerprint density at radius 1 is 0.963 bits per heavy atom. The van der Waals surface area contributed by atoms with Gasteiger partial charge in [-0.3, -0.25) is 9.10 Å². The first-order valence-corrected chi connectivity index (χ1v) is 10.5. The van der Waals surface area contributed by atoms with Gasteiger partial charge < -0.3 is 5.32 Å². The van der Waals surface area contributed by atoms with Gasteiger partial charge in [0.25, 0.3) is 0 Å². The normalized spacial score (nSPS) is 12.5. The molecule has 0 unspecified atom stereocenters. The summed E-state index contributed by atoms with van der Waals surface area (Å²) in [6.45, 7) is 1.60. The van der Waals surface area contributed by atoms with Gasteiger partial charge in [-0.2, -0.15) is 0 Å². The van der Waals surface area contributed by atoms with Crippen molar-refractivity contribution in [2.75, 3.05) is 17.1 Å². The zero-order valence-corrected chi connectivity index (χ0v) is 16.1. The summed E-state index contributed by atoms with van der Waals surface area (Å²) in [5.74, 6) is -0.357. The van der Waals surface area contributed by atoms with E-state index < -0.39 is 10.0 Å². The van der Waals surface area contributed by atoms with E-state index in [9.17, 15) is 13.2 Å². The average molecular weight is 382 g/mol. The van der Waals surface area contributed by atoms with Gasteiger partial charge in [0.1, 0.15) is 6.54 Å². The molecule has 1 N–H and O–H groups in total. The van der Waals surface area contributed by atoms with Crippen LogP contribution in [0.4, 0.5) is 5.69 Å². The van der Waals surface area contributed by atoms with E-state index in [1.54, 1.807) is 12.1 Å². The number of benzene rings is 3. The quantitative estimate of drug-likeness (QED) is 0.710. The molecule has 0 heterocycles. The third kappa shape index (κ3) is 4.46. The lowest BCUT2D eigenvalue weighted by molar-refractivity contribution is -0.120. The molecule has 5 nitrogen and oxygen atoms in total. The van der Waals surface area contributed by atoms with Crippen LogP contribution >= 0.6 is 0 Å². The standard InChI is InChI=1S/C21H22N2O3S/c1-16(17-9-4-3-5-10-17)22-21(24)15-23(27(2,25)26)20-14-8-12-18-11-6-7-13-19(18)20/h3-14,16H,15H2,1-2H3,(H,22,24)/t16-/m1/s1. The summed E-state index contributed by atoms with van der Waals surface area (Å²) in [5, 5.41) is 4.58. The van der Waals surface area contributed by atoms with E-state index in [1.807, 2.05) is 67.6 Å². The summed E-state index contributed by atoms with van der Waals surface area (Å²) in [7, 11) is -3.63. The van der Waals surface area contributed by atoms with Gasteiger partial charge in [0, 0.05) is 5.39 Å². The molecule has 0 spiro atoms. The van der Waals surface area contributed by atoms with E-state index in [0.29, 0.717) is 5.69 Å². The number of fused-ring (bicyclic) bond motifs is 1. The van der Waals surface area contributed by atoms with Crippen LogP contribution in [0.3, 0.4) is 0 Å². The van der Waals surface area contributed by atoms with Gasteiger partial charge in [-0.25, -0.2) is 8.42 Å². The predicted molar refractivity (Wildman–Crippen MR) is 109 cm³/mol. The maximum absolute atomic E-state index is 12.6. The first-order chi connectivity index (χ1) is 12.9. The Balaban J connectivity index is 1.87. The van der Waals surface area contributed by atoms with Crippen molar-refractivity contribution in [3.05, 3.63) is 78.4 Å². The van der Waals surface area contributed by atoms with E-state index in [0.717, 1.165) is 26.9 Å². The van der Waals surface area contributed by atoms with Crippen molar-refractivity contribution in [2.24, 2.45) is 0 Å².